The number of ether oxygens (including phenoxy) is 1. The molecule has 0 amide bonds. The van der Waals surface area contributed by atoms with Gasteiger partial charge >= 0.3 is 5.51 Å². The minimum atomic E-state index is -5.65. The second-order valence-electron chi connectivity index (χ2n) is 4.88. The number of aliphatic imine (C=N–C) groups is 1. The topological polar surface area (TPSA) is 72.8 Å². The number of carbonyl (C=O) groups is 1. The average molecular weight is 426 g/mol. The van der Waals surface area contributed by atoms with E-state index in [1.807, 2.05) is 0 Å². The molecule has 1 heterocycles. The fourth-order valence-corrected chi connectivity index (χ4v) is 3.40. The van der Waals surface area contributed by atoms with Crippen molar-refractivity contribution in [1.29, 1.82) is 0 Å². The maximum absolute atomic E-state index is 12.7. The minimum Gasteiger partial charge on any atom is -0.447 e. The van der Waals surface area contributed by atoms with Gasteiger partial charge in [-0.1, -0.05) is 27.6 Å². The van der Waals surface area contributed by atoms with Gasteiger partial charge in [-0.3, -0.25) is 9.79 Å². The van der Waals surface area contributed by atoms with E-state index in [1.165, 1.54) is 6.21 Å². The van der Waals surface area contributed by atoms with Crippen LogP contribution in [-0.4, -0.2) is 32.0 Å². The van der Waals surface area contributed by atoms with Gasteiger partial charge in [-0.15, -0.1) is 0 Å². The molecule has 0 radical (unpaired) electrons. The molecular formula is C14H11BrF3NO4S. The molecular weight excluding hydrogens is 415 g/mol. The Kier molecular flexibility index (Phi) is 5.49. The van der Waals surface area contributed by atoms with Gasteiger partial charge in [-0.05, 0) is 18.2 Å². The molecule has 1 aromatic carbocycles. The van der Waals surface area contributed by atoms with Gasteiger partial charge in [0, 0.05) is 29.1 Å². The first-order valence-corrected chi connectivity index (χ1v) is 8.90. The zero-order chi connectivity index (χ0) is 18.0. The lowest BCUT2D eigenvalue weighted by Crippen LogP contribution is -2.36. The van der Waals surface area contributed by atoms with Crippen molar-refractivity contribution in [1.82, 2.24) is 0 Å². The maximum atomic E-state index is 12.7. The molecule has 1 aromatic rings. The third kappa shape index (κ3) is 4.04. The van der Waals surface area contributed by atoms with Crippen LogP contribution in [0, 0.1) is 0 Å². The molecule has 0 bridgehead atoms. The summed E-state index contributed by atoms with van der Waals surface area (Å²) in [4.78, 5) is 14.6. The molecule has 0 saturated heterocycles. The highest BCUT2D eigenvalue weighted by atomic mass is 79.9. The number of hydrogen-bond acceptors (Lipinski definition) is 5. The normalized spacial score (nSPS) is 15.9. The van der Waals surface area contributed by atoms with E-state index in [0.29, 0.717) is 16.8 Å². The summed E-state index contributed by atoms with van der Waals surface area (Å²) in [5, 5.41) is 0. The molecule has 1 aliphatic heterocycles. The average Bonchev–Trinajstić information content (AvgIpc) is 2.66. The Balaban J connectivity index is 2.37. The predicted molar refractivity (Wildman–Crippen MR) is 85.4 cm³/mol. The van der Waals surface area contributed by atoms with Crippen LogP contribution in [-0.2, 0) is 19.4 Å². The summed E-state index contributed by atoms with van der Waals surface area (Å²) in [5.74, 6) is 0. The number of alkyl halides is 3. The van der Waals surface area contributed by atoms with Crippen molar-refractivity contribution in [2.45, 2.75) is 23.8 Å². The van der Waals surface area contributed by atoms with Crippen molar-refractivity contribution in [2.24, 2.45) is 4.99 Å². The van der Waals surface area contributed by atoms with E-state index in [1.54, 1.807) is 24.3 Å². The van der Waals surface area contributed by atoms with E-state index in [2.05, 4.69) is 25.7 Å². The van der Waals surface area contributed by atoms with Crippen LogP contribution >= 0.6 is 15.9 Å². The van der Waals surface area contributed by atoms with Crippen LogP contribution in [0.5, 0.6) is 0 Å². The lowest BCUT2D eigenvalue weighted by atomic mass is 10.1. The maximum Gasteiger partial charge on any atom is 0.501 e. The van der Waals surface area contributed by atoms with Gasteiger partial charge in [-0.25, -0.2) is 8.42 Å². The summed E-state index contributed by atoms with van der Waals surface area (Å²) in [6.07, 6.45) is 2.54. The summed E-state index contributed by atoms with van der Waals surface area (Å²) >= 11 is 3.27. The van der Waals surface area contributed by atoms with Crippen LogP contribution < -0.4 is 0 Å². The van der Waals surface area contributed by atoms with Crippen LogP contribution in [0.2, 0.25) is 0 Å². The molecule has 5 nitrogen and oxygen atoms in total. The third-order valence-corrected chi connectivity index (χ3v) is 5.35. The van der Waals surface area contributed by atoms with Crippen LogP contribution in [0.3, 0.4) is 0 Å². The summed E-state index contributed by atoms with van der Waals surface area (Å²) in [7, 11) is -5.65. The van der Waals surface area contributed by atoms with E-state index in [9.17, 15) is 26.4 Å². The number of nitrogens with zero attached hydrogens (tertiary/aromatic N) is 1. The van der Waals surface area contributed by atoms with Gasteiger partial charge in [0.05, 0.1) is 5.69 Å². The van der Waals surface area contributed by atoms with E-state index in [0.717, 1.165) is 4.47 Å². The first-order valence-electron chi connectivity index (χ1n) is 6.56. The zero-order valence-corrected chi connectivity index (χ0v) is 14.4. The largest absolute Gasteiger partial charge is 0.501 e. The summed E-state index contributed by atoms with van der Waals surface area (Å²) in [6, 6.07) is 5.16. The van der Waals surface area contributed by atoms with Crippen LogP contribution in [0.25, 0.3) is 6.08 Å². The molecule has 10 heteroatoms. The molecule has 1 atom stereocenters. The molecule has 130 valence electrons. The Morgan fingerprint density at radius 1 is 1.38 bits per heavy atom. The zero-order valence-electron chi connectivity index (χ0n) is 12.0. The lowest BCUT2D eigenvalue weighted by molar-refractivity contribution is -0.130. The molecule has 0 aliphatic carbocycles. The second-order valence-corrected chi connectivity index (χ2v) is 7.87. The fourth-order valence-electron chi connectivity index (χ4n) is 2.10. The Morgan fingerprint density at radius 3 is 2.71 bits per heavy atom. The highest BCUT2D eigenvalue weighted by molar-refractivity contribution is 9.10. The van der Waals surface area contributed by atoms with Gasteiger partial charge in [-0.2, -0.15) is 13.2 Å². The molecule has 1 aliphatic rings. The van der Waals surface area contributed by atoms with Gasteiger partial charge in [0.15, 0.2) is 0 Å². The number of halogens is 4. The Hall–Kier alpha value is -1.68. The van der Waals surface area contributed by atoms with E-state index in [4.69, 9.17) is 0 Å². The van der Waals surface area contributed by atoms with Gasteiger partial charge in [0.1, 0.15) is 0 Å². The summed E-state index contributed by atoms with van der Waals surface area (Å²) in [6.45, 7) is -0.302. The number of carbonyl (C=O) groups excluding carboxylic acids is 1. The lowest BCUT2D eigenvalue weighted by Gasteiger charge is -2.18. The third-order valence-electron chi connectivity index (χ3n) is 3.24. The number of sulfone groups is 1. The highest BCUT2D eigenvalue weighted by Gasteiger charge is 2.52. The quantitative estimate of drug-likeness (QED) is 0.673. The monoisotopic (exact) mass is 425 g/mol. The smallest absolute Gasteiger partial charge is 0.447 e. The molecule has 2 rings (SSSR count). The van der Waals surface area contributed by atoms with Gasteiger partial charge < -0.3 is 4.74 Å². The molecule has 24 heavy (non-hydrogen) atoms. The van der Waals surface area contributed by atoms with Crippen molar-refractivity contribution >= 4 is 50.2 Å². The SMILES string of the molecule is O=COC(CC1=Cc2cc(Br)ccc2N=CC1)S(=O)(=O)C(F)(F)F. The van der Waals surface area contributed by atoms with E-state index >= 15 is 0 Å². The minimum absolute atomic E-state index is 0.137. The van der Waals surface area contributed by atoms with Crippen molar-refractivity contribution in [2.75, 3.05) is 0 Å². The van der Waals surface area contributed by atoms with Crippen LogP contribution in [0.4, 0.5) is 18.9 Å². The predicted octanol–water partition coefficient (Wildman–Crippen LogP) is 3.76. The Bertz CT molecular complexity index is 803. The molecule has 0 aromatic heterocycles. The Labute approximate surface area is 144 Å². The van der Waals surface area contributed by atoms with Crippen molar-refractivity contribution in [3.8, 4) is 0 Å². The molecule has 0 fully saturated rings. The molecule has 0 saturated carbocycles. The highest BCUT2D eigenvalue weighted by Crippen LogP contribution is 2.33. The summed E-state index contributed by atoms with van der Waals surface area (Å²) < 4.78 is 66.1. The number of hydrogen-bond donors (Lipinski definition) is 0. The second kappa shape index (κ2) is 7.06. The first kappa shape index (κ1) is 18.7. The molecule has 0 N–H and O–H groups in total. The molecule has 1 unspecified atom stereocenters. The van der Waals surface area contributed by atoms with E-state index < -0.39 is 27.2 Å². The van der Waals surface area contributed by atoms with Crippen LogP contribution in [0.1, 0.15) is 18.4 Å². The standard InChI is InChI=1S/C14H11BrF3NO4S/c15-11-1-2-12-10(7-11)5-9(3-4-19-12)6-13(23-8-20)24(21,22)14(16,17)18/h1-2,4-5,7-8,13H,3,6H2. The Morgan fingerprint density at radius 2 is 2.08 bits per heavy atom. The summed E-state index contributed by atoms with van der Waals surface area (Å²) in [5.41, 5.74) is -6.29. The van der Waals surface area contributed by atoms with Gasteiger partial charge in [0.2, 0.25) is 5.44 Å². The van der Waals surface area contributed by atoms with Gasteiger partial charge in [0.25, 0.3) is 16.3 Å². The van der Waals surface area contributed by atoms with Crippen molar-refractivity contribution in [3.63, 3.8) is 0 Å². The van der Waals surface area contributed by atoms with Crippen LogP contribution in [0.15, 0.2) is 33.2 Å². The fraction of sp³-hybridized carbons (Fsp3) is 0.286. The molecule has 0 spiro atoms. The van der Waals surface area contributed by atoms with Crippen molar-refractivity contribution < 1.29 is 31.1 Å². The number of fused-ring (bicyclic) bond motifs is 1. The first-order chi connectivity index (χ1) is 11.1. The van der Waals surface area contributed by atoms with Crippen molar-refractivity contribution in [3.05, 3.63) is 33.8 Å². The van der Waals surface area contributed by atoms with E-state index in [-0.39, 0.29) is 12.9 Å². The number of rotatable bonds is 5. The number of benzene rings is 1.